The second-order valence-corrected chi connectivity index (χ2v) is 5.74. The summed E-state index contributed by atoms with van der Waals surface area (Å²) >= 11 is 7.66. The van der Waals surface area contributed by atoms with Crippen molar-refractivity contribution < 1.29 is 9.90 Å². The third-order valence-corrected chi connectivity index (χ3v) is 4.04. The lowest BCUT2D eigenvalue weighted by molar-refractivity contribution is -0.138. The third kappa shape index (κ3) is 4.39. The summed E-state index contributed by atoms with van der Waals surface area (Å²) in [4.78, 5) is 17.1. The summed E-state index contributed by atoms with van der Waals surface area (Å²) in [5.74, 6) is -0.863. The minimum atomic E-state index is -0.863. The molecule has 110 valence electrons. The maximum atomic E-state index is 10.8. The molecule has 0 aliphatic heterocycles. The van der Waals surface area contributed by atoms with Crippen molar-refractivity contribution in [2.24, 2.45) is 0 Å². The summed E-state index contributed by atoms with van der Waals surface area (Å²) in [6.07, 6.45) is 1.68. The van der Waals surface area contributed by atoms with Crippen LogP contribution in [0.1, 0.15) is 5.69 Å². The number of carboxylic acids is 1. The Morgan fingerprint density at radius 2 is 2.24 bits per heavy atom. The van der Waals surface area contributed by atoms with Crippen LogP contribution in [-0.4, -0.2) is 34.0 Å². The molecule has 0 fully saturated rings. The lowest BCUT2D eigenvalue weighted by Gasteiger charge is -2.16. The molecule has 0 amide bonds. The van der Waals surface area contributed by atoms with Crippen LogP contribution >= 0.6 is 22.9 Å². The van der Waals surface area contributed by atoms with Gasteiger partial charge in [0.25, 0.3) is 0 Å². The number of benzene rings is 1. The molecule has 6 heteroatoms. The van der Waals surface area contributed by atoms with Gasteiger partial charge in [-0.15, -0.1) is 17.9 Å². The number of nitrogens with zero attached hydrogens (tertiary/aromatic N) is 2. The lowest BCUT2D eigenvalue weighted by Crippen LogP contribution is -2.29. The quantitative estimate of drug-likeness (QED) is 0.792. The van der Waals surface area contributed by atoms with Gasteiger partial charge in [-0.05, 0) is 6.07 Å². The molecule has 2 aromatic rings. The zero-order valence-electron chi connectivity index (χ0n) is 11.3. The molecule has 1 heterocycles. The maximum Gasteiger partial charge on any atom is 0.317 e. The van der Waals surface area contributed by atoms with E-state index in [1.54, 1.807) is 11.0 Å². The van der Waals surface area contributed by atoms with Gasteiger partial charge in [-0.3, -0.25) is 9.69 Å². The van der Waals surface area contributed by atoms with Gasteiger partial charge >= 0.3 is 5.97 Å². The van der Waals surface area contributed by atoms with Gasteiger partial charge in [-0.25, -0.2) is 4.98 Å². The highest BCUT2D eigenvalue weighted by Crippen LogP contribution is 2.30. The fourth-order valence-electron chi connectivity index (χ4n) is 1.93. The number of carboxylic acid groups (broad SMARTS) is 1. The Balaban J connectivity index is 2.14. The average Bonchev–Trinajstić information content (AvgIpc) is 2.87. The first-order valence-corrected chi connectivity index (χ1v) is 7.60. The number of carbonyl (C=O) groups is 1. The number of aliphatic carboxylic acids is 1. The van der Waals surface area contributed by atoms with E-state index in [4.69, 9.17) is 16.7 Å². The predicted molar refractivity (Wildman–Crippen MR) is 85.7 cm³/mol. The second kappa shape index (κ2) is 7.36. The number of rotatable bonds is 7. The highest BCUT2D eigenvalue weighted by atomic mass is 35.5. The van der Waals surface area contributed by atoms with E-state index in [1.807, 2.05) is 29.6 Å². The summed E-state index contributed by atoms with van der Waals surface area (Å²) in [6, 6.07) is 7.53. The molecule has 2 rings (SSSR count). The first-order chi connectivity index (χ1) is 10.1. The van der Waals surface area contributed by atoms with Gasteiger partial charge in [0, 0.05) is 24.0 Å². The number of thiazole rings is 1. The van der Waals surface area contributed by atoms with Gasteiger partial charge in [0.15, 0.2) is 0 Å². The van der Waals surface area contributed by atoms with E-state index in [0.717, 1.165) is 16.3 Å². The van der Waals surface area contributed by atoms with Crippen molar-refractivity contribution in [3.8, 4) is 10.6 Å². The Morgan fingerprint density at radius 3 is 2.90 bits per heavy atom. The van der Waals surface area contributed by atoms with Crippen LogP contribution in [0.3, 0.4) is 0 Å². The monoisotopic (exact) mass is 322 g/mol. The minimum absolute atomic E-state index is 0.0367. The van der Waals surface area contributed by atoms with Crippen molar-refractivity contribution in [3.05, 3.63) is 53.0 Å². The van der Waals surface area contributed by atoms with Crippen LogP contribution < -0.4 is 0 Å². The van der Waals surface area contributed by atoms with E-state index in [1.165, 1.54) is 11.3 Å². The number of hydrogen-bond donors (Lipinski definition) is 1. The largest absolute Gasteiger partial charge is 0.480 e. The number of aromatic nitrogens is 1. The summed E-state index contributed by atoms with van der Waals surface area (Å²) in [5, 5.41) is 12.3. The Kier molecular flexibility index (Phi) is 5.50. The smallest absolute Gasteiger partial charge is 0.317 e. The first kappa shape index (κ1) is 15.7. The molecule has 0 radical (unpaired) electrons. The van der Waals surface area contributed by atoms with Crippen molar-refractivity contribution in [2.45, 2.75) is 6.54 Å². The minimum Gasteiger partial charge on any atom is -0.480 e. The maximum absolute atomic E-state index is 10.8. The van der Waals surface area contributed by atoms with E-state index in [2.05, 4.69) is 11.6 Å². The molecule has 0 saturated heterocycles. The van der Waals surface area contributed by atoms with Gasteiger partial charge in [0.05, 0.1) is 17.3 Å². The molecule has 0 saturated carbocycles. The molecule has 4 nitrogen and oxygen atoms in total. The average molecular weight is 323 g/mol. The summed E-state index contributed by atoms with van der Waals surface area (Å²) in [5.41, 5.74) is 1.72. The molecular formula is C15H15ClN2O2S. The highest BCUT2D eigenvalue weighted by Gasteiger charge is 2.13. The molecule has 0 unspecified atom stereocenters. The Labute approximate surface area is 132 Å². The van der Waals surface area contributed by atoms with Gasteiger partial charge in [-0.1, -0.05) is 35.9 Å². The second-order valence-electron chi connectivity index (χ2n) is 4.48. The molecule has 1 aromatic carbocycles. The number of halogens is 1. The zero-order valence-corrected chi connectivity index (χ0v) is 12.9. The predicted octanol–water partition coefficient (Wildman–Crippen LogP) is 3.54. The summed E-state index contributed by atoms with van der Waals surface area (Å²) < 4.78 is 0. The topological polar surface area (TPSA) is 53.4 Å². The van der Waals surface area contributed by atoms with E-state index in [0.29, 0.717) is 18.1 Å². The molecular weight excluding hydrogens is 308 g/mol. The van der Waals surface area contributed by atoms with Crippen LogP contribution in [0.4, 0.5) is 0 Å². The van der Waals surface area contributed by atoms with Crippen LogP contribution in [0.15, 0.2) is 42.3 Å². The first-order valence-electron chi connectivity index (χ1n) is 6.34. The van der Waals surface area contributed by atoms with Crippen molar-refractivity contribution in [1.82, 2.24) is 9.88 Å². The van der Waals surface area contributed by atoms with E-state index < -0.39 is 5.97 Å². The molecule has 21 heavy (non-hydrogen) atoms. The van der Waals surface area contributed by atoms with Gasteiger partial charge in [-0.2, -0.15) is 0 Å². The van der Waals surface area contributed by atoms with Crippen molar-refractivity contribution >= 4 is 28.9 Å². The Morgan fingerprint density at radius 1 is 1.48 bits per heavy atom. The van der Waals surface area contributed by atoms with Crippen LogP contribution in [0, 0.1) is 0 Å². The standard InChI is InChI=1S/C15H15ClN2O2S/c1-2-7-18(9-14(19)20)8-11-10-21-15(17-11)12-5-3-4-6-13(12)16/h2-6,10H,1,7-9H2,(H,19,20). The summed E-state index contributed by atoms with van der Waals surface area (Å²) in [6.45, 7) is 4.58. The van der Waals surface area contributed by atoms with Gasteiger partial charge < -0.3 is 5.11 Å². The van der Waals surface area contributed by atoms with Crippen LogP contribution in [0.25, 0.3) is 10.6 Å². The van der Waals surface area contributed by atoms with E-state index >= 15 is 0 Å². The van der Waals surface area contributed by atoms with Crippen LogP contribution in [0.5, 0.6) is 0 Å². The zero-order chi connectivity index (χ0) is 15.2. The normalized spacial score (nSPS) is 10.8. The molecule has 0 aliphatic rings. The van der Waals surface area contributed by atoms with Crippen LogP contribution in [0.2, 0.25) is 5.02 Å². The fraction of sp³-hybridized carbons (Fsp3) is 0.200. The van der Waals surface area contributed by atoms with Gasteiger partial charge in [0.2, 0.25) is 0 Å². The molecule has 0 atom stereocenters. The fourth-order valence-corrected chi connectivity index (χ4v) is 3.06. The highest BCUT2D eigenvalue weighted by molar-refractivity contribution is 7.13. The van der Waals surface area contributed by atoms with E-state index in [9.17, 15) is 4.79 Å². The molecule has 0 bridgehead atoms. The molecule has 1 N–H and O–H groups in total. The lowest BCUT2D eigenvalue weighted by atomic mass is 10.2. The van der Waals surface area contributed by atoms with Crippen molar-refractivity contribution in [1.29, 1.82) is 0 Å². The van der Waals surface area contributed by atoms with Crippen molar-refractivity contribution in [2.75, 3.05) is 13.1 Å². The van der Waals surface area contributed by atoms with E-state index in [-0.39, 0.29) is 6.54 Å². The molecule has 0 spiro atoms. The Bertz CT molecular complexity index is 642. The van der Waals surface area contributed by atoms with Crippen molar-refractivity contribution in [3.63, 3.8) is 0 Å². The number of hydrogen-bond acceptors (Lipinski definition) is 4. The molecule has 1 aromatic heterocycles. The SMILES string of the molecule is C=CCN(CC(=O)O)Cc1csc(-c2ccccc2Cl)n1. The molecule has 0 aliphatic carbocycles. The van der Waals surface area contributed by atoms with Crippen LogP contribution in [-0.2, 0) is 11.3 Å². The van der Waals surface area contributed by atoms with Gasteiger partial charge in [0.1, 0.15) is 5.01 Å². The Hall–Kier alpha value is -1.69. The third-order valence-electron chi connectivity index (χ3n) is 2.79. The summed E-state index contributed by atoms with van der Waals surface area (Å²) in [7, 11) is 0.